The molecule has 2 nitrogen and oxygen atoms in total. The molecular weight excluding hydrogens is 617 g/mol. The zero-order valence-electron chi connectivity index (χ0n) is 27.6. The molecular formula is C49H28N2. The second kappa shape index (κ2) is 9.90. The minimum Gasteiger partial charge on any atom is -0.292 e. The molecule has 0 radical (unpaired) electrons. The molecule has 234 valence electrons. The van der Waals surface area contributed by atoms with Crippen molar-refractivity contribution in [3.05, 3.63) is 170 Å². The number of pyridine rings is 1. The van der Waals surface area contributed by atoms with Crippen LogP contribution >= 0.6 is 0 Å². The number of hydrogen-bond donors (Lipinski definition) is 0. The lowest BCUT2D eigenvalue weighted by atomic mass is 9.87. The Hall–Kier alpha value is -6.77. The molecule has 51 heavy (non-hydrogen) atoms. The van der Waals surface area contributed by atoms with E-state index in [1.54, 1.807) is 0 Å². The van der Waals surface area contributed by atoms with Crippen LogP contribution in [0.3, 0.4) is 0 Å². The van der Waals surface area contributed by atoms with Gasteiger partial charge in [0.2, 0.25) is 0 Å². The SMILES string of the molecule is c1ccc2c(c1)nc1c3ccc(-c4ccc5cc(-c6ccc7c8cccc9cccc(c%10cccc6c%107)c98)ccc5c4)cc3c3ccccc3n21. The predicted octanol–water partition coefficient (Wildman–Crippen LogP) is 13.3. The summed E-state index contributed by atoms with van der Waals surface area (Å²) in [4.78, 5) is 5.09. The van der Waals surface area contributed by atoms with Crippen LogP contribution in [0.4, 0.5) is 0 Å². The van der Waals surface area contributed by atoms with Gasteiger partial charge in [-0.2, -0.15) is 0 Å². The summed E-state index contributed by atoms with van der Waals surface area (Å²) < 4.78 is 2.31. The fourth-order valence-electron chi connectivity index (χ4n) is 8.98. The first-order valence-corrected chi connectivity index (χ1v) is 17.6. The van der Waals surface area contributed by atoms with Crippen molar-refractivity contribution in [2.45, 2.75) is 0 Å². The Balaban J connectivity index is 1.01. The van der Waals surface area contributed by atoms with Crippen molar-refractivity contribution in [1.29, 1.82) is 0 Å². The van der Waals surface area contributed by atoms with Gasteiger partial charge in [-0.3, -0.25) is 4.40 Å². The van der Waals surface area contributed by atoms with E-state index in [2.05, 4.69) is 174 Å². The molecule has 0 bridgehead atoms. The highest BCUT2D eigenvalue weighted by atomic mass is 15.0. The van der Waals surface area contributed by atoms with Gasteiger partial charge in [0, 0.05) is 10.8 Å². The standard InChI is InChI=1S/C49H28N2/c1-3-16-45-36(10-1)43-28-33(22-23-42(43)49-50-44-15-2-4-17-46(44)51(45)49)31-18-19-32-27-34(21-20-30(32)26-31)35-24-25-41-39-12-6-9-29-8-5-11-38(47(29)39)40-14-7-13-37(35)48(40)41/h1-28H. The second-order valence-electron chi connectivity index (χ2n) is 13.9. The lowest BCUT2D eigenvalue weighted by Gasteiger charge is -2.17. The minimum absolute atomic E-state index is 1.00. The van der Waals surface area contributed by atoms with Gasteiger partial charge in [-0.05, 0) is 124 Å². The van der Waals surface area contributed by atoms with Crippen LogP contribution < -0.4 is 0 Å². The lowest BCUT2D eigenvalue weighted by molar-refractivity contribution is 1.31. The number of rotatable bonds is 2. The average Bonchev–Trinajstić information content (AvgIpc) is 3.59. The molecule has 0 atom stereocenters. The smallest absolute Gasteiger partial charge is 0.146 e. The van der Waals surface area contributed by atoms with Crippen molar-refractivity contribution >= 4 is 92.2 Å². The first-order valence-electron chi connectivity index (χ1n) is 17.6. The van der Waals surface area contributed by atoms with E-state index in [1.165, 1.54) is 97.8 Å². The van der Waals surface area contributed by atoms with Crippen molar-refractivity contribution in [3.63, 3.8) is 0 Å². The van der Waals surface area contributed by atoms with Crippen molar-refractivity contribution in [2.75, 3.05) is 0 Å². The number of para-hydroxylation sites is 3. The molecule has 0 N–H and O–H groups in total. The fourth-order valence-corrected chi connectivity index (χ4v) is 8.98. The minimum atomic E-state index is 1.00. The first-order chi connectivity index (χ1) is 25.3. The van der Waals surface area contributed by atoms with Crippen molar-refractivity contribution in [2.24, 2.45) is 0 Å². The molecule has 0 spiro atoms. The van der Waals surface area contributed by atoms with E-state index in [-0.39, 0.29) is 0 Å². The number of aromatic nitrogens is 2. The zero-order chi connectivity index (χ0) is 33.2. The summed E-state index contributed by atoms with van der Waals surface area (Å²) >= 11 is 0. The summed E-state index contributed by atoms with van der Waals surface area (Å²) in [5, 5.41) is 16.7. The van der Waals surface area contributed by atoms with Crippen LogP contribution in [0.25, 0.3) is 114 Å². The summed E-state index contributed by atoms with van der Waals surface area (Å²) in [6, 6.07) is 62.6. The number of fused-ring (bicyclic) bond motifs is 11. The molecule has 0 aliphatic carbocycles. The molecule has 0 unspecified atom stereocenters. The van der Waals surface area contributed by atoms with Crippen molar-refractivity contribution in [3.8, 4) is 22.3 Å². The van der Waals surface area contributed by atoms with Gasteiger partial charge in [0.1, 0.15) is 5.65 Å². The topological polar surface area (TPSA) is 17.3 Å². The Labute approximate surface area is 292 Å². The van der Waals surface area contributed by atoms with Crippen LogP contribution in [0.1, 0.15) is 0 Å². The van der Waals surface area contributed by atoms with Crippen LogP contribution in [0.5, 0.6) is 0 Å². The van der Waals surface area contributed by atoms with Crippen LogP contribution in [0, 0.1) is 0 Å². The Morgan fingerprint density at radius 3 is 1.76 bits per heavy atom. The molecule has 2 heteroatoms. The molecule has 10 aromatic carbocycles. The van der Waals surface area contributed by atoms with Gasteiger partial charge in [-0.25, -0.2) is 4.98 Å². The van der Waals surface area contributed by atoms with Crippen molar-refractivity contribution in [1.82, 2.24) is 9.38 Å². The highest BCUT2D eigenvalue weighted by Gasteiger charge is 2.17. The molecule has 0 aliphatic rings. The normalized spacial score (nSPS) is 12.3. The Morgan fingerprint density at radius 1 is 0.333 bits per heavy atom. The predicted molar refractivity (Wildman–Crippen MR) is 217 cm³/mol. The summed E-state index contributed by atoms with van der Waals surface area (Å²) in [5.74, 6) is 0. The maximum absolute atomic E-state index is 5.09. The van der Waals surface area contributed by atoms with Crippen LogP contribution in [-0.4, -0.2) is 9.38 Å². The van der Waals surface area contributed by atoms with Gasteiger partial charge in [-0.15, -0.1) is 0 Å². The number of imidazole rings is 1. The van der Waals surface area contributed by atoms with E-state index in [9.17, 15) is 0 Å². The van der Waals surface area contributed by atoms with Crippen LogP contribution in [0.2, 0.25) is 0 Å². The highest BCUT2D eigenvalue weighted by Crippen LogP contribution is 2.43. The Bertz CT molecular complexity index is 3370. The summed E-state index contributed by atoms with van der Waals surface area (Å²) in [5.41, 5.74) is 9.26. The molecule has 0 saturated heterocycles. The molecule has 0 fully saturated rings. The number of benzene rings is 10. The third-order valence-electron chi connectivity index (χ3n) is 11.3. The van der Waals surface area contributed by atoms with Gasteiger partial charge in [0.15, 0.2) is 0 Å². The van der Waals surface area contributed by atoms with Gasteiger partial charge < -0.3 is 0 Å². The van der Waals surface area contributed by atoms with Gasteiger partial charge in [0.05, 0.1) is 16.6 Å². The maximum Gasteiger partial charge on any atom is 0.146 e. The number of hydrogen-bond acceptors (Lipinski definition) is 1. The van der Waals surface area contributed by atoms with E-state index in [4.69, 9.17) is 4.98 Å². The molecule has 2 heterocycles. The third kappa shape index (κ3) is 3.68. The Morgan fingerprint density at radius 2 is 0.922 bits per heavy atom. The lowest BCUT2D eigenvalue weighted by Crippen LogP contribution is -1.92. The summed E-state index contributed by atoms with van der Waals surface area (Å²) in [6.45, 7) is 0. The van der Waals surface area contributed by atoms with E-state index < -0.39 is 0 Å². The monoisotopic (exact) mass is 644 g/mol. The third-order valence-corrected chi connectivity index (χ3v) is 11.3. The molecule has 0 aliphatic heterocycles. The second-order valence-corrected chi connectivity index (χ2v) is 13.9. The van der Waals surface area contributed by atoms with E-state index >= 15 is 0 Å². The van der Waals surface area contributed by atoms with E-state index in [0.717, 1.165) is 16.7 Å². The van der Waals surface area contributed by atoms with Gasteiger partial charge in [-0.1, -0.05) is 127 Å². The van der Waals surface area contributed by atoms with Crippen molar-refractivity contribution < 1.29 is 0 Å². The molecule has 2 aromatic heterocycles. The number of nitrogens with zero attached hydrogens (tertiary/aromatic N) is 2. The van der Waals surface area contributed by atoms with Gasteiger partial charge in [0.25, 0.3) is 0 Å². The van der Waals surface area contributed by atoms with Gasteiger partial charge >= 0.3 is 0 Å². The Kier molecular flexibility index (Phi) is 5.26. The maximum atomic E-state index is 5.09. The summed E-state index contributed by atoms with van der Waals surface area (Å²) in [7, 11) is 0. The van der Waals surface area contributed by atoms with Crippen LogP contribution in [-0.2, 0) is 0 Å². The molecule has 0 amide bonds. The quantitative estimate of drug-likeness (QED) is 0.135. The zero-order valence-corrected chi connectivity index (χ0v) is 27.6. The van der Waals surface area contributed by atoms with E-state index in [1.807, 2.05) is 0 Å². The largest absolute Gasteiger partial charge is 0.292 e. The van der Waals surface area contributed by atoms with E-state index in [0.29, 0.717) is 0 Å². The fraction of sp³-hybridized carbons (Fsp3) is 0. The summed E-state index contributed by atoms with van der Waals surface area (Å²) in [6.07, 6.45) is 0. The average molecular weight is 645 g/mol. The molecule has 0 saturated carbocycles. The first kappa shape index (κ1) is 27.1. The molecule has 12 aromatic rings. The highest BCUT2D eigenvalue weighted by molar-refractivity contribution is 6.34. The molecule has 12 rings (SSSR count). The van der Waals surface area contributed by atoms with Crippen LogP contribution in [0.15, 0.2) is 170 Å².